The number of hydrogen-bond acceptors (Lipinski definition) is 3. The van der Waals surface area contributed by atoms with Crippen molar-refractivity contribution in [2.75, 3.05) is 11.9 Å². The van der Waals surface area contributed by atoms with Gasteiger partial charge < -0.3 is 15.2 Å². The highest BCUT2D eigenvalue weighted by atomic mass is 16.1. The molecule has 0 saturated heterocycles. The van der Waals surface area contributed by atoms with Gasteiger partial charge in [0.1, 0.15) is 0 Å². The maximum atomic E-state index is 12.4. The Bertz CT molecular complexity index is 1100. The van der Waals surface area contributed by atoms with Crippen molar-refractivity contribution < 1.29 is 4.79 Å². The number of hydrogen-bond donors (Lipinski definition) is 2. The Morgan fingerprint density at radius 1 is 1.12 bits per heavy atom. The first kappa shape index (κ1) is 22.4. The molecular weight excluding hydrogens is 396 g/mol. The molecule has 1 aliphatic rings. The second-order valence-electron chi connectivity index (χ2n) is 10.1. The number of carbonyl (C=O) groups excluding carboxylic acids is 1. The molecule has 170 valence electrons. The van der Waals surface area contributed by atoms with E-state index in [4.69, 9.17) is 4.98 Å². The number of aryl methyl sites for hydroxylation is 1. The summed E-state index contributed by atoms with van der Waals surface area (Å²) in [5.41, 5.74) is 5.24. The van der Waals surface area contributed by atoms with Gasteiger partial charge in [0.2, 0.25) is 5.95 Å². The number of fused-ring (bicyclic) bond motifs is 1. The minimum atomic E-state index is -0.0546. The van der Waals surface area contributed by atoms with Crippen molar-refractivity contribution in [3.05, 3.63) is 53.6 Å². The third-order valence-electron chi connectivity index (χ3n) is 6.64. The normalized spacial score (nSPS) is 20.3. The SMILES string of the molecule is CCNC(=O)c1ccc2c(c1)nc(Nc1ccc(CC)cc1)n2[C@H]1C[C@@H](C)CC(C)(C)C1. The van der Waals surface area contributed by atoms with Crippen LogP contribution in [-0.2, 0) is 6.42 Å². The largest absolute Gasteiger partial charge is 0.352 e. The van der Waals surface area contributed by atoms with Gasteiger partial charge in [-0.25, -0.2) is 4.98 Å². The molecule has 1 saturated carbocycles. The molecule has 32 heavy (non-hydrogen) atoms. The molecule has 0 radical (unpaired) electrons. The first-order chi connectivity index (χ1) is 15.3. The summed E-state index contributed by atoms with van der Waals surface area (Å²) in [6.07, 6.45) is 4.52. The Kier molecular flexibility index (Phi) is 6.27. The molecule has 0 bridgehead atoms. The lowest BCUT2D eigenvalue weighted by molar-refractivity contribution is 0.0956. The number of nitrogens with zero attached hydrogens (tertiary/aromatic N) is 2. The van der Waals surface area contributed by atoms with Gasteiger partial charge in [-0.15, -0.1) is 0 Å². The Labute approximate surface area is 191 Å². The Morgan fingerprint density at radius 2 is 1.88 bits per heavy atom. The van der Waals surface area contributed by atoms with Gasteiger partial charge in [0, 0.05) is 23.8 Å². The molecule has 0 spiro atoms. The van der Waals surface area contributed by atoms with E-state index in [-0.39, 0.29) is 5.91 Å². The lowest BCUT2D eigenvalue weighted by atomic mass is 9.70. The van der Waals surface area contributed by atoms with Crippen molar-refractivity contribution in [3.63, 3.8) is 0 Å². The zero-order valence-corrected chi connectivity index (χ0v) is 20.0. The fourth-order valence-electron chi connectivity index (χ4n) is 5.41. The van der Waals surface area contributed by atoms with Crippen molar-refractivity contribution in [2.45, 2.75) is 66.3 Å². The van der Waals surface area contributed by atoms with Gasteiger partial charge in [0.25, 0.3) is 5.91 Å². The molecule has 1 aromatic heterocycles. The van der Waals surface area contributed by atoms with Crippen molar-refractivity contribution in [2.24, 2.45) is 11.3 Å². The number of imidazole rings is 1. The van der Waals surface area contributed by atoms with Gasteiger partial charge in [0.05, 0.1) is 11.0 Å². The maximum absolute atomic E-state index is 12.4. The number of benzene rings is 2. The van der Waals surface area contributed by atoms with E-state index in [1.807, 2.05) is 19.1 Å². The molecular formula is C27H36N4O. The average molecular weight is 433 g/mol. The minimum Gasteiger partial charge on any atom is -0.352 e. The summed E-state index contributed by atoms with van der Waals surface area (Å²) in [4.78, 5) is 17.4. The van der Waals surface area contributed by atoms with E-state index in [9.17, 15) is 4.79 Å². The van der Waals surface area contributed by atoms with E-state index in [1.165, 1.54) is 12.0 Å². The predicted molar refractivity (Wildman–Crippen MR) is 133 cm³/mol. The predicted octanol–water partition coefficient (Wildman–Crippen LogP) is 6.48. The number of rotatable bonds is 6. The standard InChI is InChI=1S/C27H36N4O/c1-6-19-8-11-21(12-9-19)29-26-30-23-15-20(25(32)28-7-2)10-13-24(23)31(26)22-14-18(3)16-27(4,5)17-22/h8-13,15,18,22H,6-7,14,16-17H2,1-5H3,(H,28,32)(H,29,30)/t18-,22+/m1/s1. The van der Waals surface area contributed by atoms with Crippen LogP contribution < -0.4 is 10.6 Å². The van der Waals surface area contributed by atoms with E-state index in [2.05, 4.69) is 73.2 Å². The number of amides is 1. The zero-order chi connectivity index (χ0) is 22.9. The molecule has 2 aromatic carbocycles. The second kappa shape index (κ2) is 8.97. The molecule has 0 unspecified atom stereocenters. The average Bonchev–Trinajstić information content (AvgIpc) is 3.10. The van der Waals surface area contributed by atoms with Crippen LogP contribution in [0.1, 0.15) is 75.8 Å². The first-order valence-electron chi connectivity index (χ1n) is 12.0. The van der Waals surface area contributed by atoms with Gasteiger partial charge >= 0.3 is 0 Å². The van der Waals surface area contributed by atoms with E-state index >= 15 is 0 Å². The maximum Gasteiger partial charge on any atom is 0.251 e. The van der Waals surface area contributed by atoms with E-state index in [1.54, 1.807) is 0 Å². The van der Waals surface area contributed by atoms with Crippen LogP contribution in [0.2, 0.25) is 0 Å². The summed E-state index contributed by atoms with van der Waals surface area (Å²) in [5.74, 6) is 1.46. The summed E-state index contributed by atoms with van der Waals surface area (Å²) < 4.78 is 2.38. The van der Waals surface area contributed by atoms with Crippen molar-refractivity contribution in [1.29, 1.82) is 0 Å². The van der Waals surface area contributed by atoms with E-state index < -0.39 is 0 Å². The first-order valence-corrected chi connectivity index (χ1v) is 12.0. The number of nitrogens with one attached hydrogen (secondary N) is 2. The van der Waals surface area contributed by atoms with Crippen molar-refractivity contribution >= 4 is 28.6 Å². The molecule has 4 rings (SSSR count). The molecule has 1 aliphatic carbocycles. The number of anilines is 2. The van der Waals surface area contributed by atoms with Gasteiger partial charge in [-0.05, 0) is 79.8 Å². The molecule has 3 aromatic rings. The smallest absolute Gasteiger partial charge is 0.251 e. The highest BCUT2D eigenvalue weighted by Crippen LogP contribution is 2.46. The fraction of sp³-hybridized carbons (Fsp3) is 0.481. The Balaban J connectivity index is 1.78. The van der Waals surface area contributed by atoms with Gasteiger partial charge in [0.15, 0.2) is 0 Å². The summed E-state index contributed by atoms with van der Waals surface area (Å²) in [6, 6.07) is 14.8. The molecule has 1 amide bonds. The van der Waals surface area contributed by atoms with Crippen molar-refractivity contribution in [3.8, 4) is 0 Å². The van der Waals surface area contributed by atoms with Crippen LogP contribution in [0.15, 0.2) is 42.5 Å². The third-order valence-corrected chi connectivity index (χ3v) is 6.64. The Morgan fingerprint density at radius 3 is 2.53 bits per heavy atom. The number of carbonyl (C=O) groups is 1. The summed E-state index contributed by atoms with van der Waals surface area (Å²) in [6.45, 7) is 11.8. The van der Waals surface area contributed by atoms with Crippen LogP contribution in [0.25, 0.3) is 11.0 Å². The quantitative estimate of drug-likeness (QED) is 0.469. The zero-order valence-electron chi connectivity index (χ0n) is 20.0. The van der Waals surface area contributed by atoms with Crippen LogP contribution in [0.4, 0.5) is 11.6 Å². The van der Waals surface area contributed by atoms with Crippen LogP contribution in [0.5, 0.6) is 0 Å². The van der Waals surface area contributed by atoms with Crippen LogP contribution in [0.3, 0.4) is 0 Å². The van der Waals surface area contributed by atoms with Crippen LogP contribution >= 0.6 is 0 Å². The molecule has 2 atom stereocenters. The third kappa shape index (κ3) is 4.67. The highest BCUT2D eigenvalue weighted by molar-refractivity contribution is 5.97. The lowest BCUT2D eigenvalue weighted by Crippen LogP contribution is -2.29. The monoisotopic (exact) mass is 432 g/mol. The van der Waals surface area contributed by atoms with Gasteiger partial charge in [-0.2, -0.15) is 0 Å². The minimum absolute atomic E-state index is 0.0546. The molecule has 5 nitrogen and oxygen atoms in total. The molecule has 1 heterocycles. The number of aromatic nitrogens is 2. The van der Waals surface area contributed by atoms with Gasteiger partial charge in [-0.1, -0.05) is 39.8 Å². The molecule has 0 aliphatic heterocycles. The fourth-order valence-corrected chi connectivity index (χ4v) is 5.41. The topological polar surface area (TPSA) is 59.0 Å². The van der Waals surface area contributed by atoms with Gasteiger partial charge in [-0.3, -0.25) is 4.79 Å². The molecule has 5 heteroatoms. The summed E-state index contributed by atoms with van der Waals surface area (Å²) in [7, 11) is 0. The lowest BCUT2D eigenvalue weighted by Gasteiger charge is -2.40. The van der Waals surface area contributed by atoms with Crippen LogP contribution in [-0.4, -0.2) is 22.0 Å². The Hall–Kier alpha value is -2.82. The van der Waals surface area contributed by atoms with Crippen molar-refractivity contribution in [1.82, 2.24) is 14.9 Å². The molecule has 2 N–H and O–H groups in total. The molecule has 1 fully saturated rings. The summed E-state index contributed by atoms with van der Waals surface area (Å²) >= 11 is 0. The van der Waals surface area contributed by atoms with E-state index in [0.717, 1.165) is 41.9 Å². The van der Waals surface area contributed by atoms with Crippen LogP contribution in [0, 0.1) is 11.3 Å². The summed E-state index contributed by atoms with van der Waals surface area (Å²) in [5, 5.41) is 6.47. The van der Waals surface area contributed by atoms with E-state index in [0.29, 0.717) is 29.5 Å². The second-order valence-corrected chi connectivity index (χ2v) is 10.1. The highest BCUT2D eigenvalue weighted by Gasteiger charge is 2.34.